The number of carbonyl (C=O) groups excluding carboxylic acids is 4. The molecule has 0 bridgehead atoms. The number of urea groups is 1. The second-order valence-electron chi connectivity index (χ2n) is 7.58. The van der Waals surface area contributed by atoms with Crippen LogP contribution in [0.4, 0.5) is 16.2 Å². The summed E-state index contributed by atoms with van der Waals surface area (Å²) in [6, 6.07) is 2.33. The van der Waals surface area contributed by atoms with Gasteiger partial charge in [0.15, 0.2) is 0 Å². The normalized spacial score (nSPS) is 10.4. The van der Waals surface area contributed by atoms with Crippen LogP contribution in [0.25, 0.3) is 0 Å². The van der Waals surface area contributed by atoms with Crippen LogP contribution in [-0.2, 0) is 18.9 Å². The highest BCUT2D eigenvalue weighted by atomic mass is 35.5. The summed E-state index contributed by atoms with van der Waals surface area (Å²) < 4.78 is 3.17. The summed E-state index contributed by atoms with van der Waals surface area (Å²) in [7, 11) is 3.36. The lowest BCUT2D eigenvalue weighted by atomic mass is 10.3. The van der Waals surface area contributed by atoms with Crippen molar-refractivity contribution >= 4 is 46.7 Å². The van der Waals surface area contributed by atoms with E-state index in [4.69, 9.17) is 11.6 Å². The third-order valence-electron chi connectivity index (χ3n) is 4.81. The van der Waals surface area contributed by atoms with Gasteiger partial charge < -0.3 is 30.4 Å². The smallest absolute Gasteiger partial charge is 0.340 e. The van der Waals surface area contributed by atoms with Gasteiger partial charge in [0, 0.05) is 51.9 Å². The van der Waals surface area contributed by atoms with Gasteiger partial charge in [0.05, 0.1) is 23.2 Å². The number of nitrogens with zero attached hydrogens (tertiary/aromatic N) is 4. The van der Waals surface area contributed by atoms with Crippen molar-refractivity contribution < 1.29 is 19.2 Å². The summed E-state index contributed by atoms with van der Waals surface area (Å²) in [4.78, 5) is 59.5. The van der Waals surface area contributed by atoms with Crippen LogP contribution in [-0.4, -0.2) is 63.4 Å². The first-order chi connectivity index (χ1) is 16.7. The number of nitrogens with one attached hydrogen (secondary N) is 4. The second-order valence-corrected chi connectivity index (χ2v) is 7.96. The molecule has 0 atom stereocenters. The number of carbonyl (C=O) groups is 4. The van der Waals surface area contributed by atoms with Gasteiger partial charge in [0.2, 0.25) is 5.91 Å². The van der Waals surface area contributed by atoms with Gasteiger partial charge in [-0.2, -0.15) is 5.01 Å². The number of nitroso groups, excluding NO2 is 1. The van der Waals surface area contributed by atoms with Crippen LogP contribution < -0.4 is 21.3 Å². The summed E-state index contributed by atoms with van der Waals surface area (Å²) in [6.07, 6.45) is 3.94. The molecule has 0 saturated heterocycles. The van der Waals surface area contributed by atoms with Crippen molar-refractivity contribution in [1.82, 2.24) is 24.8 Å². The Bertz CT molecular complexity index is 1080. The lowest BCUT2D eigenvalue weighted by Crippen LogP contribution is -2.38. The van der Waals surface area contributed by atoms with Crippen molar-refractivity contribution in [2.24, 2.45) is 19.4 Å². The molecule has 0 spiro atoms. The van der Waals surface area contributed by atoms with Gasteiger partial charge in [-0.05, 0) is 18.6 Å². The number of hydrogen-bond donors (Lipinski definition) is 4. The molecule has 14 heteroatoms. The van der Waals surface area contributed by atoms with Crippen molar-refractivity contribution in [3.05, 3.63) is 40.8 Å². The Morgan fingerprint density at radius 1 is 0.943 bits per heavy atom. The van der Waals surface area contributed by atoms with Crippen LogP contribution in [0.5, 0.6) is 0 Å². The van der Waals surface area contributed by atoms with Crippen LogP contribution in [0.15, 0.2) is 29.8 Å². The minimum atomic E-state index is -0.751. The zero-order valence-corrected chi connectivity index (χ0v) is 20.5. The number of amides is 5. The molecule has 2 aromatic rings. The average molecular weight is 509 g/mol. The summed E-state index contributed by atoms with van der Waals surface area (Å²) in [5, 5.41) is 13.7. The Labute approximate surface area is 207 Å². The molecule has 13 nitrogen and oxygen atoms in total. The van der Waals surface area contributed by atoms with Gasteiger partial charge in [-0.3, -0.25) is 14.4 Å². The standard InChI is InChI=1S/C21H29ClN8O5/c1-4-7-23-19(32)16-11-15(13-28(16)2)26-20(33)17-10-14(12-29(17)3)25-18(31)5-8-24-21(34)30(27-35)9-6-22/h10-13H,4-9H2,1-3H3,(H,23,32)(H,24,34)(H,25,31)(H,26,33). The van der Waals surface area contributed by atoms with E-state index in [2.05, 4.69) is 26.6 Å². The average Bonchev–Trinajstić information content (AvgIpc) is 3.36. The number of aryl methyl sites for hydroxylation is 2. The Hall–Kier alpha value is -3.87. The molecule has 0 radical (unpaired) electrons. The van der Waals surface area contributed by atoms with Gasteiger partial charge >= 0.3 is 6.03 Å². The van der Waals surface area contributed by atoms with E-state index in [1.807, 2.05) is 6.92 Å². The topological polar surface area (TPSA) is 159 Å². The van der Waals surface area contributed by atoms with Gasteiger partial charge in [-0.25, -0.2) is 4.79 Å². The molecule has 35 heavy (non-hydrogen) atoms. The minimum Gasteiger partial charge on any atom is -0.351 e. The molecule has 0 aliphatic carbocycles. The first-order valence-electron chi connectivity index (χ1n) is 10.9. The Morgan fingerprint density at radius 3 is 2.11 bits per heavy atom. The van der Waals surface area contributed by atoms with E-state index in [1.54, 1.807) is 41.7 Å². The van der Waals surface area contributed by atoms with Crippen LogP contribution in [0.3, 0.4) is 0 Å². The zero-order chi connectivity index (χ0) is 26.0. The van der Waals surface area contributed by atoms with Crippen molar-refractivity contribution in [2.45, 2.75) is 19.8 Å². The summed E-state index contributed by atoms with van der Waals surface area (Å²) in [5.74, 6) is -1.02. The van der Waals surface area contributed by atoms with Crippen LogP contribution in [0.2, 0.25) is 0 Å². The number of hydrogen-bond acceptors (Lipinski definition) is 6. The summed E-state index contributed by atoms with van der Waals surface area (Å²) in [5.41, 5.74) is 1.54. The molecule has 5 amide bonds. The van der Waals surface area contributed by atoms with Crippen molar-refractivity contribution in [3.63, 3.8) is 0 Å². The molecule has 2 rings (SSSR count). The third-order valence-corrected chi connectivity index (χ3v) is 4.98. The minimum absolute atomic E-state index is 0.0265. The highest BCUT2D eigenvalue weighted by Gasteiger charge is 2.17. The Morgan fingerprint density at radius 2 is 1.54 bits per heavy atom. The van der Waals surface area contributed by atoms with E-state index >= 15 is 0 Å². The highest BCUT2D eigenvalue weighted by Crippen LogP contribution is 2.17. The molecular weight excluding hydrogens is 480 g/mol. The van der Waals surface area contributed by atoms with Crippen molar-refractivity contribution in [3.8, 4) is 0 Å². The van der Waals surface area contributed by atoms with E-state index in [0.717, 1.165) is 6.42 Å². The number of alkyl halides is 1. The molecule has 0 aliphatic rings. The molecule has 2 heterocycles. The van der Waals surface area contributed by atoms with Gasteiger partial charge in [-0.1, -0.05) is 6.92 Å². The van der Waals surface area contributed by atoms with E-state index in [-0.39, 0.29) is 37.0 Å². The van der Waals surface area contributed by atoms with E-state index in [0.29, 0.717) is 28.6 Å². The fraction of sp³-hybridized carbons (Fsp3) is 0.429. The fourth-order valence-corrected chi connectivity index (χ4v) is 3.26. The lowest BCUT2D eigenvalue weighted by molar-refractivity contribution is -0.116. The maximum atomic E-state index is 12.7. The molecule has 190 valence electrons. The van der Waals surface area contributed by atoms with Crippen LogP contribution in [0.1, 0.15) is 40.7 Å². The first-order valence-corrected chi connectivity index (χ1v) is 11.4. The third kappa shape index (κ3) is 7.84. The predicted octanol–water partition coefficient (Wildman–Crippen LogP) is 2.02. The first kappa shape index (κ1) is 27.4. The van der Waals surface area contributed by atoms with Crippen LogP contribution >= 0.6 is 11.6 Å². The lowest BCUT2D eigenvalue weighted by Gasteiger charge is -2.12. The number of aromatic nitrogens is 2. The van der Waals surface area contributed by atoms with E-state index in [9.17, 15) is 24.1 Å². The largest absolute Gasteiger partial charge is 0.351 e. The highest BCUT2D eigenvalue weighted by molar-refractivity contribution is 6.18. The Balaban J connectivity index is 1.92. The predicted molar refractivity (Wildman–Crippen MR) is 131 cm³/mol. The maximum absolute atomic E-state index is 12.7. The molecule has 0 saturated carbocycles. The fourth-order valence-electron chi connectivity index (χ4n) is 3.10. The summed E-state index contributed by atoms with van der Waals surface area (Å²) >= 11 is 5.48. The summed E-state index contributed by atoms with van der Waals surface area (Å²) in [6.45, 7) is 2.43. The number of halogens is 1. The molecule has 0 fully saturated rings. The molecule has 0 aromatic carbocycles. The van der Waals surface area contributed by atoms with Gasteiger partial charge in [0.25, 0.3) is 11.8 Å². The van der Waals surface area contributed by atoms with Gasteiger partial charge in [0.1, 0.15) is 11.4 Å². The zero-order valence-electron chi connectivity index (χ0n) is 19.8. The molecule has 0 aliphatic heterocycles. The quantitative estimate of drug-likeness (QED) is 0.196. The molecule has 2 aromatic heterocycles. The monoisotopic (exact) mass is 508 g/mol. The van der Waals surface area contributed by atoms with E-state index in [1.165, 1.54) is 6.07 Å². The van der Waals surface area contributed by atoms with Gasteiger partial charge in [-0.15, -0.1) is 16.5 Å². The maximum Gasteiger partial charge on any atom is 0.340 e. The van der Waals surface area contributed by atoms with Crippen molar-refractivity contribution in [1.29, 1.82) is 0 Å². The Kier molecular flexibility index (Phi) is 10.3. The van der Waals surface area contributed by atoms with Crippen molar-refractivity contribution in [2.75, 3.05) is 36.1 Å². The molecule has 4 N–H and O–H groups in total. The van der Waals surface area contributed by atoms with E-state index < -0.39 is 17.8 Å². The second kappa shape index (κ2) is 13.1. The SMILES string of the molecule is CCCNC(=O)c1cc(NC(=O)c2cc(NC(=O)CCNC(=O)N(CCCl)N=O)cn2C)cn1C. The number of rotatable bonds is 12. The molecular formula is C21H29ClN8O5. The number of anilines is 2. The molecule has 0 unspecified atom stereocenters. The van der Waals surface area contributed by atoms with Crippen LogP contribution in [0, 0.1) is 4.91 Å².